The van der Waals surface area contributed by atoms with Crippen molar-refractivity contribution in [1.82, 2.24) is 15.5 Å². The van der Waals surface area contributed by atoms with Crippen LogP contribution in [0.5, 0.6) is 0 Å². The van der Waals surface area contributed by atoms with Gasteiger partial charge in [0.2, 0.25) is 0 Å². The van der Waals surface area contributed by atoms with E-state index in [1.165, 1.54) is 30.6 Å². The Hall–Kier alpha value is -4.25. The van der Waals surface area contributed by atoms with Crippen molar-refractivity contribution in [2.45, 2.75) is 12.2 Å². The van der Waals surface area contributed by atoms with E-state index >= 15 is 0 Å². The molecule has 188 valence electrons. The van der Waals surface area contributed by atoms with Crippen LogP contribution in [0.2, 0.25) is 5.02 Å². The average molecular weight is 533 g/mol. The molecule has 0 fully saturated rings. The summed E-state index contributed by atoms with van der Waals surface area (Å²) in [5.74, 6) is -3.48. The second-order valence-electron chi connectivity index (χ2n) is 8.22. The van der Waals surface area contributed by atoms with Crippen LogP contribution in [0.25, 0.3) is 11.1 Å². The lowest BCUT2D eigenvalue weighted by Gasteiger charge is -2.19. The maximum atomic E-state index is 14.0. The molecule has 1 aromatic heterocycles. The van der Waals surface area contributed by atoms with Gasteiger partial charge in [0.15, 0.2) is 0 Å². The summed E-state index contributed by atoms with van der Waals surface area (Å²) in [6, 6.07) is 7.04. The van der Waals surface area contributed by atoms with E-state index in [-0.39, 0.29) is 33.5 Å². The van der Waals surface area contributed by atoms with Crippen LogP contribution in [0.1, 0.15) is 43.4 Å². The molecule has 0 saturated heterocycles. The minimum atomic E-state index is -4.88. The molecule has 5 rings (SSSR count). The van der Waals surface area contributed by atoms with Crippen molar-refractivity contribution in [3.8, 4) is 11.1 Å². The normalized spacial score (nSPS) is 14.9. The number of hydrogen-bond acceptors (Lipinski definition) is 3. The largest absolute Gasteiger partial charge is 0.416 e. The second kappa shape index (κ2) is 9.00. The summed E-state index contributed by atoms with van der Waals surface area (Å²) >= 11 is 6.27. The first-order chi connectivity index (χ1) is 17.5. The summed E-state index contributed by atoms with van der Waals surface area (Å²) in [5, 5.41) is 11.8. The number of carbonyl (C=O) groups is 2. The van der Waals surface area contributed by atoms with E-state index in [2.05, 4.69) is 20.8 Å². The monoisotopic (exact) mass is 532 g/mol. The third kappa shape index (κ3) is 4.65. The Morgan fingerprint density at radius 1 is 1.00 bits per heavy atom. The fraction of sp³-hybridized carbons (Fsp3) is 0.0800. The Labute approximate surface area is 210 Å². The standard InChI is InChI=1S/C25H14ClF5N4O2/c26-19-2-1-15(27)8-17(19)22-21-18(24(37)35-22)5-11(13-9-32-33-10-13)6-20(21)34-23(36)12-3-14(25(29,30)31)7-16(28)4-12/h1-10,22H,(H,32,33)(H,34,36)(H,35,37). The van der Waals surface area contributed by atoms with Crippen LogP contribution in [0, 0.1) is 11.6 Å². The molecule has 3 aromatic carbocycles. The number of hydrogen-bond donors (Lipinski definition) is 3. The highest BCUT2D eigenvalue weighted by Gasteiger charge is 2.36. The van der Waals surface area contributed by atoms with Crippen molar-refractivity contribution in [2.75, 3.05) is 5.32 Å². The van der Waals surface area contributed by atoms with Crippen LogP contribution in [0.15, 0.2) is 60.9 Å². The molecule has 12 heteroatoms. The van der Waals surface area contributed by atoms with Gasteiger partial charge in [-0.25, -0.2) is 8.78 Å². The fourth-order valence-electron chi connectivity index (χ4n) is 4.16. The second-order valence-corrected chi connectivity index (χ2v) is 8.63. The van der Waals surface area contributed by atoms with E-state index in [0.29, 0.717) is 23.3 Å². The third-order valence-electron chi connectivity index (χ3n) is 5.82. The molecule has 0 radical (unpaired) electrons. The maximum absolute atomic E-state index is 14.0. The van der Waals surface area contributed by atoms with Gasteiger partial charge in [-0.3, -0.25) is 14.7 Å². The topological polar surface area (TPSA) is 86.9 Å². The van der Waals surface area contributed by atoms with Gasteiger partial charge in [0.25, 0.3) is 11.8 Å². The molecule has 6 nitrogen and oxygen atoms in total. The fourth-order valence-corrected chi connectivity index (χ4v) is 4.39. The molecular formula is C25H14ClF5N4O2. The molecule has 0 spiro atoms. The highest BCUT2D eigenvalue weighted by molar-refractivity contribution is 6.31. The summed E-state index contributed by atoms with van der Waals surface area (Å²) in [4.78, 5) is 26.0. The lowest BCUT2D eigenvalue weighted by Crippen LogP contribution is -2.21. The van der Waals surface area contributed by atoms with Crippen molar-refractivity contribution >= 4 is 29.1 Å². The first-order valence-corrected chi connectivity index (χ1v) is 11.0. The Morgan fingerprint density at radius 2 is 1.78 bits per heavy atom. The van der Waals surface area contributed by atoms with Crippen molar-refractivity contribution in [1.29, 1.82) is 0 Å². The Bertz CT molecular complexity index is 1550. The minimum absolute atomic E-state index is 0.0280. The number of nitrogens with zero attached hydrogens (tertiary/aromatic N) is 1. The van der Waals surface area contributed by atoms with Gasteiger partial charge in [-0.1, -0.05) is 11.6 Å². The van der Waals surface area contributed by atoms with E-state index in [4.69, 9.17) is 11.6 Å². The summed E-state index contributed by atoms with van der Waals surface area (Å²) in [6.07, 6.45) is -1.89. The number of amides is 2. The van der Waals surface area contributed by atoms with Gasteiger partial charge in [0.1, 0.15) is 11.6 Å². The van der Waals surface area contributed by atoms with Crippen LogP contribution in [-0.2, 0) is 6.18 Å². The van der Waals surface area contributed by atoms with Crippen LogP contribution in [0.3, 0.4) is 0 Å². The van der Waals surface area contributed by atoms with Crippen molar-refractivity contribution in [2.24, 2.45) is 0 Å². The van der Waals surface area contributed by atoms with Crippen LogP contribution >= 0.6 is 11.6 Å². The van der Waals surface area contributed by atoms with Crippen molar-refractivity contribution in [3.63, 3.8) is 0 Å². The lowest BCUT2D eigenvalue weighted by molar-refractivity contribution is -0.137. The lowest BCUT2D eigenvalue weighted by atomic mass is 9.93. The molecule has 4 aromatic rings. The van der Waals surface area contributed by atoms with Crippen LogP contribution in [-0.4, -0.2) is 22.0 Å². The highest BCUT2D eigenvalue weighted by atomic mass is 35.5. The number of halogens is 6. The predicted molar refractivity (Wildman–Crippen MR) is 124 cm³/mol. The molecule has 3 N–H and O–H groups in total. The zero-order valence-corrected chi connectivity index (χ0v) is 19.1. The van der Waals surface area contributed by atoms with Gasteiger partial charge in [0, 0.05) is 44.7 Å². The van der Waals surface area contributed by atoms with E-state index in [1.807, 2.05) is 0 Å². The smallest absolute Gasteiger partial charge is 0.341 e. The van der Waals surface area contributed by atoms with Gasteiger partial charge in [0.05, 0.1) is 17.8 Å². The summed E-state index contributed by atoms with van der Waals surface area (Å²) in [7, 11) is 0. The van der Waals surface area contributed by atoms with Gasteiger partial charge < -0.3 is 10.6 Å². The van der Waals surface area contributed by atoms with Gasteiger partial charge in [-0.05, 0) is 54.1 Å². The maximum Gasteiger partial charge on any atom is 0.416 e. The number of nitrogens with one attached hydrogen (secondary N) is 3. The molecule has 1 unspecified atom stereocenters. The molecule has 1 aliphatic rings. The number of fused-ring (bicyclic) bond motifs is 1. The number of H-pyrrole nitrogens is 1. The zero-order valence-electron chi connectivity index (χ0n) is 18.4. The molecule has 37 heavy (non-hydrogen) atoms. The SMILES string of the molecule is O=C(Nc1cc(-c2cn[nH]c2)cc2c1C(c1cc(F)ccc1Cl)NC2=O)c1cc(F)cc(C(F)(F)F)c1. The molecule has 0 bridgehead atoms. The quantitative estimate of drug-likeness (QED) is 0.277. The Morgan fingerprint density at radius 3 is 2.49 bits per heavy atom. The number of aromatic amines is 1. The minimum Gasteiger partial charge on any atom is -0.341 e. The molecule has 0 aliphatic carbocycles. The number of aromatic nitrogens is 2. The number of carbonyl (C=O) groups excluding carboxylic acids is 2. The molecular weight excluding hydrogens is 519 g/mol. The molecule has 2 amide bonds. The first kappa shape index (κ1) is 24.4. The Kier molecular flexibility index (Phi) is 5.95. The van der Waals surface area contributed by atoms with E-state index in [9.17, 15) is 31.5 Å². The highest BCUT2D eigenvalue weighted by Crippen LogP contribution is 2.42. The predicted octanol–water partition coefficient (Wildman–Crippen LogP) is 6.11. The number of rotatable bonds is 4. The van der Waals surface area contributed by atoms with Crippen LogP contribution in [0.4, 0.5) is 27.6 Å². The number of alkyl halides is 3. The van der Waals surface area contributed by atoms with Crippen LogP contribution < -0.4 is 10.6 Å². The van der Waals surface area contributed by atoms with E-state index < -0.39 is 46.8 Å². The number of anilines is 1. The molecule has 1 atom stereocenters. The molecule has 0 saturated carbocycles. The summed E-state index contributed by atoms with van der Waals surface area (Å²) < 4.78 is 67.6. The van der Waals surface area contributed by atoms with Gasteiger partial charge in [-0.2, -0.15) is 18.3 Å². The molecule has 2 heterocycles. The van der Waals surface area contributed by atoms with Gasteiger partial charge >= 0.3 is 6.18 Å². The third-order valence-corrected chi connectivity index (χ3v) is 6.17. The van der Waals surface area contributed by atoms with E-state index in [1.54, 1.807) is 0 Å². The molecule has 1 aliphatic heterocycles. The van der Waals surface area contributed by atoms with Gasteiger partial charge in [-0.15, -0.1) is 0 Å². The van der Waals surface area contributed by atoms with Crippen molar-refractivity contribution < 1.29 is 31.5 Å². The number of benzene rings is 3. The summed E-state index contributed by atoms with van der Waals surface area (Å²) in [5.41, 5.74) is -0.378. The summed E-state index contributed by atoms with van der Waals surface area (Å²) in [6.45, 7) is 0. The van der Waals surface area contributed by atoms with E-state index in [0.717, 1.165) is 12.1 Å². The average Bonchev–Trinajstić information content (AvgIpc) is 3.48. The van der Waals surface area contributed by atoms with Crippen molar-refractivity contribution in [3.05, 3.63) is 105 Å². The Balaban J connectivity index is 1.65. The first-order valence-electron chi connectivity index (χ1n) is 10.6. The zero-order chi connectivity index (χ0) is 26.5.